The zero-order valence-corrected chi connectivity index (χ0v) is 9.61. The highest BCUT2D eigenvalue weighted by molar-refractivity contribution is 7.29. The van der Waals surface area contributed by atoms with Crippen LogP contribution in [-0.4, -0.2) is 26.5 Å². The van der Waals surface area contributed by atoms with E-state index in [4.69, 9.17) is 4.43 Å². The van der Waals surface area contributed by atoms with Gasteiger partial charge in [-0.1, -0.05) is 28.7 Å². The van der Waals surface area contributed by atoms with E-state index >= 15 is 0 Å². The van der Waals surface area contributed by atoms with Crippen LogP contribution in [-0.2, 0) is 4.43 Å². The first kappa shape index (κ1) is 19.6. The molecule has 1 aliphatic heterocycles. The third-order valence-corrected chi connectivity index (χ3v) is 10.2. The van der Waals surface area contributed by atoms with Crippen LogP contribution < -0.4 is 0 Å². The summed E-state index contributed by atoms with van der Waals surface area (Å²) in [4.78, 5) is 0. The van der Waals surface area contributed by atoms with Gasteiger partial charge in [-0.25, -0.2) is 0 Å². The maximum absolute atomic E-state index is 5.86. The zero-order chi connectivity index (χ0) is 7.45. The highest BCUT2D eigenvalue weighted by atomic mass is 31.0. The smallest absolute Gasteiger partial charge is 0.200 e. The fourth-order valence-electron chi connectivity index (χ4n) is 1.32. The average molecular weight is 242 g/mol. The Kier molecular flexibility index (Phi) is 14.4. The molecule has 0 aromatic heterocycles. The summed E-state index contributed by atoms with van der Waals surface area (Å²) in [5, 5.41) is 0. The van der Waals surface area contributed by atoms with Gasteiger partial charge in [0, 0.05) is 6.61 Å². The Morgan fingerprint density at radius 1 is 1.00 bits per heavy atom. The molecule has 1 nitrogen and oxygen atoms in total. The van der Waals surface area contributed by atoms with Crippen molar-refractivity contribution in [3.05, 3.63) is 0 Å². The molecule has 0 N–H and O–H groups in total. The summed E-state index contributed by atoms with van der Waals surface area (Å²) in [6, 6.07) is 1.38. The topological polar surface area (TPSA) is 9.23 Å². The lowest BCUT2D eigenvalue weighted by atomic mass is 10.4. The molecular formula is C9H28OP2Si. The van der Waals surface area contributed by atoms with E-state index < -0.39 is 8.32 Å². The standard InChI is InChI=1S/C6H16OP2Si.3CH4/c8-5-10(6-9)4-2-1-3-7-10;;;/h1-6,8-9H2;3*1H4. The van der Waals surface area contributed by atoms with Crippen molar-refractivity contribution >= 4 is 26.8 Å². The molecule has 0 saturated carbocycles. The van der Waals surface area contributed by atoms with Crippen molar-refractivity contribution in [2.24, 2.45) is 0 Å². The molecule has 84 valence electrons. The molecule has 1 heterocycles. The van der Waals surface area contributed by atoms with Crippen molar-refractivity contribution in [2.45, 2.75) is 41.2 Å². The lowest BCUT2D eigenvalue weighted by molar-refractivity contribution is 0.274. The van der Waals surface area contributed by atoms with E-state index in [1.165, 1.54) is 30.5 Å². The lowest BCUT2D eigenvalue weighted by Gasteiger charge is -2.32. The van der Waals surface area contributed by atoms with E-state index in [-0.39, 0.29) is 22.3 Å². The van der Waals surface area contributed by atoms with Crippen molar-refractivity contribution < 1.29 is 4.43 Å². The fourth-order valence-corrected chi connectivity index (χ4v) is 7.67. The van der Waals surface area contributed by atoms with Crippen LogP contribution in [0.4, 0.5) is 0 Å². The van der Waals surface area contributed by atoms with Gasteiger partial charge in [0.2, 0.25) is 0 Å². The third-order valence-electron chi connectivity index (χ3n) is 2.18. The Labute approximate surface area is 90.9 Å². The Balaban J connectivity index is -0.000000333. The van der Waals surface area contributed by atoms with Gasteiger partial charge < -0.3 is 4.43 Å². The zero-order valence-electron chi connectivity index (χ0n) is 6.31. The van der Waals surface area contributed by atoms with E-state index in [1.54, 1.807) is 0 Å². The van der Waals surface area contributed by atoms with Crippen LogP contribution in [0.2, 0.25) is 6.04 Å². The van der Waals surface area contributed by atoms with Crippen molar-refractivity contribution in [3.63, 3.8) is 0 Å². The summed E-state index contributed by atoms with van der Waals surface area (Å²) >= 11 is 0. The molecule has 1 saturated heterocycles. The molecule has 1 rings (SSSR count). The molecule has 1 aliphatic rings. The molecule has 4 heteroatoms. The third kappa shape index (κ3) is 5.47. The minimum absolute atomic E-state index is 0. The molecule has 0 amide bonds. The van der Waals surface area contributed by atoms with Crippen LogP contribution in [0.15, 0.2) is 0 Å². The molecule has 1 fully saturated rings. The second-order valence-corrected chi connectivity index (χ2v) is 9.32. The molecule has 0 aromatic carbocycles. The van der Waals surface area contributed by atoms with E-state index in [0.29, 0.717) is 0 Å². The molecule has 0 spiro atoms. The Morgan fingerprint density at radius 2 is 1.54 bits per heavy atom. The lowest BCUT2D eigenvalue weighted by Crippen LogP contribution is -2.45. The molecule has 0 radical (unpaired) electrons. The predicted octanol–water partition coefficient (Wildman–Crippen LogP) is 3.48. The van der Waals surface area contributed by atoms with Crippen molar-refractivity contribution in [3.8, 4) is 0 Å². The first-order chi connectivity index (χ1) is 4.83. The molecule has 13 heavy (non-hydrogen) atoms. The van der Waals surface area contributed by atoms with Gasteiger partial charge in [-0.3, -0.25) is 0 Å². The van der Waals surface area contributed by atoms with Gasteiger partial charge in [-0.2, -0.15) is 0 Å². The van der Waals surface area contributed by atoms with Gasteiger partial charge in [0.1, 0.15) is 0 Å². The Bertz CT molecular complexity index is 99.8. The molecule has 0 bridgehead atoms. The van der Waals surface area contributed by atoms with Crippen LogP contribution in [0.5, 0.6) is 0 Å². The maximum Gasteiger partial charge on any atom is 0.200 e. The molecule has 2 unspecified atom stereocenters. The summed E-state index contributed by atoms with van der Waals surface area (Å²) < 4.78 is 5.86. The Morgan fingerprint density at radius 3 is 1.77 bits per heavy atom. The quantitative estimate of drug-likeness (QED) is 0.532. The van der Waals surface area contributed by atoms with E-state index in [2.05, 4.69) is 18.5 Å². The highest BCUT2D eigenvalue weighted by Gasteiger charge is 2.32. The minimum Gasteiger partial charge on any atom is -0.416 e. The second-order valence-electron chi connectivity index (χ2n) is 2.90. The van der Waals surface area contributed by atoms with Crippen molar-refractivity contribution in [2.75, 3.05) is 18.2 Å². The fraction of sp³-hybridized carbons (Fsp3) is 1.00. The van der Waals surface area contributed by atoms with Gasteiger partial charge in [-0.15, -0.1) is 18.5 Å². The van der Waals surface area contributed by atoms with Gasteiger partial charge in [0.05, 0.1) is 0 Å². The van der Waals surface area contributed by atoms with Crippen molar-refractivity contribution in [1.82, 2.24) is 0 Å². The van der Waals surface area contributed by atoms with Gasteiger partial charge >= 0.3 is 0 Å². The van der Waals surface area contributed by atoms with Crippen LogP contribution in [0.1, 0.15) is 35.1 Å². The molecular weight excluding hydrogens is 214 g/mol. The number of hydrogen-bond donors (Lipinski definition) is 0. The minimum atomic E-state index is -1.20. The van der Waals surface area contributed by atoms with E-state index in [0.717, 1.165) is 6.61 Å². The van der Waals surface area contributed by atoms with Crippen LogP contribution in [0.25, 0.3) is 0 Å². The largest absolute Gasteiger partial charge is 0.416 e. The van der Waals surface area contributed by atoms with E-state index in [1.807, 2.05) is 0 Å². The monoisotopic (exact) mass is 242 g/mol. The molecule has 2 atom stereocenters. The normalized spacial score (nSPS) is 18.9. The summed E-state index contributed by atoms with van der Waals surface area (Å²) in [7, 11) is 4.48. The van der Waals surface area contributed by atoms with Crippen LogP contribution in [0.3, 0.4) is 0 Å². The maximum atomic E-state index is 5.86. The Hall–Kier alpha value is 1.04. The molecule has 0 aliphatic carbocycles. The SMILES string of the molecule is C.C.C.PC[Si]1(CP)CCCCO1. The predicted molar refractivity (Wildman–Crippen MR) is 75.1 cm³/mol. The first-order valence-electron chi connectivity index (χ1n) is 3.87. The van der Waals surface area contributed by atoms with E-state index in [9.17, 15) is 0 Å². The number of hydrogen-bond acceptors (Lipinski definition) is 1. The van der Waals surface area contributed by atoms with Crippen molar-refractivity contribution in [1.29, 1.82) is 0 Å². The average Bonchev–Trinajstić information content (AvgIpc) is 2.06. The second kappa shape index (κ2) is 9.59. The van der Waals surface area contributed by atoms with Crippen LogP contribution >= 0.6 is 18.5 Å². The number of rotatable bonds is 2. The first-order valence-corrected chi connectivity index (χ1v) is 8.03. The van der Waals surface area contributed by atoms with Crippen LogP contribution in [0, 0.1) is 0 Å². The summed E-state index contributed by atoms with van der Waals surface area (Å²) in [5.74, 6) is 2.44. The van der Waals surface area contributed by atoms with Gasteiger partial charge in [0.25, 0.3) is 0 Å². The van der Waals surface area contributed by atoms with Gasteiger partial charge in [-0.05, 0) is 24.0 Å². The summed E-state index contributed by atoms with van der Waals surface area (Å²) in [6.07, 6.45) is 2.68. The highest BCUT2D eigenvalue weighted by Crippen LogP contribution is 2.25. The summed E-state index contributed by atoms with van der Waals surface area (Å²) in [5.41, 5.74) is 0. The molecule has 0 aromatic rings. The van der Waals surface area contributed by atoms with Gasteiger partial charge in [0.15, 0.2) is 8.32 Å². The summed E-state index contributed by atoms with van der Waals surface area (Å²) in [6.45, 7) is 1.02.